The van der Waals surface area contributed by atoms with Crippen molar-refractivity contribution in [2.45, 2.75) is 13.5 Å². The quantitative estimate of drug-likeness (QED) is 0.729. The van der Waals surface area contributed by atoms with E-state index in [4.69, 9.17) is 20.8 Å². The van der Waals surface area contributed by atoms with E-state index in [1.165, 1.54) is 0 Å². The van der Waals surface area contributed by atoms with Crippen LogP contribution in [0.25, 0.3) is 11.2 Å². The lowest BCUT2D eigenvalue weighted by molar-refractivity contribution is 0.266. The number of nitrogens with zero attached hydrogens (tertiary/aromatic N) is 2. The van der Waals surface area contributed by atoms with Gasteiger partial charge in [-0.3, -0.25) is 0 Å². The van der Waals surface area contributed by atoms with Crippen LogP contribution in [0.15, 0.2) is 40.9 Å². The molecule has 0 bridgehead atoms. The van der Waals surface area contributed by atoms with Crippen LogP contribution in [0.2, 0.25) is 5.02 Å². The van der Waals surface area contributed by atoms with Gasteiger partial charge in [0.15, 0.2) is 6.61 Å². The van der Waals surface area contributed by atoms with Gasteiger partial charge in [-0.1, -0.05) is 23.7 Å². The molecule has 0 N–H and O–H groups in total. The third kappa shape index (κ3) is 2.53. The van der Waals surface area contributed by atoms with Crippen LogP contribution in [0.5, 0.6) is 5.75 Å². The SMILES string of the molecule is Cc1cnc2oc(COc3ccccc3Cl)nc2c1. The molecule has 19 heavy (non-hydrogen) atoms. The number of hydrogen-bond donors (Lipinski definition) is 0. The fourth-order valence-corrected chi connectivity index (χ4v) is 1.92. The average molecular weight is 275 g/mol. The third-order valence-electron chi connectivity index (χ3n) is 2.62. The summed E-state index contributed by atoms with van der Waals surface area (Å²) in [6, 6.07) is 9.20. The van der Waals surface area contributed by atoms with Gasteiger partial charge in [0.1, 0.15) is 11.3 Å². The molecule has 3 rings (SSSR count). The van der Waals surface area contributed by atoms with Gasteiger partial charge in [-0.05, 0) is 30.7 Å². The van der Waals surface area contributed by atoms with E-state index >= 15 is 0 Å². The summed E-state index contributed by atoms with van der Waals surface area (Å²) >= 11 is 6.00. The number of rotatable bonds is 3. The van der Waals surface area contributed by atoms with Gasteiger partial charge in [-0.25, -0.2) is 9.97 Å². The Bertz CT molecular complexity index is 724. The average Bonchev–Trinajstić information content (AvgIpc) is 2.79. The summed E-state index contributed by atoms with van der Waals surface area (Å²) in [6.07, 6.45) is 1.74. The second-order valence-corrected chi connectivity index (χ2v) is 4.57. The molecule has 1 aromatic carbocycles. The molecule has 0 saturated heterocycles. The lowest BCUT2D eigenvalue weighted by Crippen LogP contribution is -1.95. The normalized spacial score (nSPS) is 10.8. The first-order valence-electron chi connectivity index (χ1n) is 5.82. The van der Waals surface area contributed by atoms with Crippen LogP contribution in [0.1, 0.15) is 11.5 Å². The molecule has 0 aliphatic heterocycles. The molecule has 0 aliphatic carbocycles. The zero-order valence-electron chi connectivity index (χ0n) is 10.3. The number of oxazole rings is 1. The fourth-order valence-electron chi connectivity index (χ4n) is 1.73. The topological polar surface area (TPSA) is 48.2 Å². The summed E-state index contributed by atoms with van der Waals surface area (Å²) in [5.41, 5.74) is 2.29. The fraction of sp³-hybridized carbons (Fsp3) is 0.143. The number of hydrogen-bond acceptors (Lipinski definition) is 4. The molecule has 0 atom stereocenters. The second kappa shape index (κ2) is 4.90. The highest BCUT2D eigenvalue weighted by Crippen LogP contribution is 2.24. The summed E-state index contributed by atoms with van der Waals surface area (Å²) < 4.78 is 11.1. The Morgan fingerprint density at radius 1 is 1.32 bits per heavy atom. The number of halogens is 1. The summed E-state index contributed by atoms with van der Waals surface area (Å²) in [7, 11) is 0. The van der Waals surface area contributed by atoms with Gasteiger partial charge in [0.2, 0.25) is 11.6 Å². The van der Waals surface area contributed by atoms with Gasteiger partial charge in [-0.2, -0.15) is 0 Å². The molecule has 0 spiro atoms. The lowest BCUT2D eigenvalue weighted by Gasteiger charge is -2.04. The largest absolute Gasteiger partial charge is 0.482 e. The second-order valence-electron chi connectivity index (χ2n) is 4.16. The van der Waals surface area contributed by atoms with E-state index in [1.54, 1.807) is 18.3 Å². The van der Waals surface area contributed by atoms with Gasteiger partial charge in [-0.15, -0.1) is 0 Å². The number of benzene rings is 1. The molecule has 0 saturated carbocycles. The van der Waals surface area contributed by atoms with Crippen LogP contribution >= 0.6 is 11.6 Å². The van der Waals surface area contributed by atoms with Crippen molar-refractivity contribution in [3.8, 4) is 5.75 Å². The first kappa shape index (κ1) is 12.0. The van der Waals surface area contributed by atoms with Crippen LogP contribution in [0.3, 0.4) is 0 Å². The van der Waals surface area contributed by atoms with Crippen LogP contribution < -0.4 is 4.74 Å². The van der Waals surface area contributed by atoms with Crippen LogP contribution in [0.4, 0.5) is 0 Å². The maximum absolute atomic E-state index is 6.00. The van der Waals surface area contributed by atoms with Crippen molar-refractivity contribution in [3.05, 3.63) is 53.0 Å². The molecule has 2 heterocycles. The summed E-state index contributed by atoms with van der Waals surface area (Å²) in [5, 5.41) is 0.563. The number of pyridine rings is 1. The van der Waals surface area contributed by atoms with E-state index in [0.29, 0.717) is 22.4 Å². The zero-order valence-corrected chi connectivity index (χ0v) is 11.0. The molecule has 0 radical (unpaired) electrons. The van der Waals surface area contributed by atoms with Crippen molar-refractivity contribution in [2.24, 2.45) is 0 Å². The number of ether oxygens (including phenoxy) is 1. The molecule has 3 aromatic rings. The molecule has 0 fully saturated rings. The highest BCUT2D eigenvalue weighted by Gasteiger charge is 2.08. The van der Waals surface area contributed by atoms with Crippen molar-refractivity contribution in [3.63, 3.8) is 0 Å². The van der Waals surface area contributed by atoms with Gasteiger partial charge in [0.05, 0.1) is 5.02 Å². The first-order valence-corrected chi connectivity index (χ1v) is 6.19. The molecule has 96 valence electrons. The summed E-state index contributed by atoms with van der Waals surface area (Å²) in [5.74, 6) is 1.09. The maximum Gasteiger partial charge on any atom is 0.247 e. The van der Waals surface area contributed by atoms with Gasteiger partial charge >= 0.3 is 0 Å². The summed E-state index contributed by atoms with van der Waals surface area (Å²) in [4.78, 5) is 8.48. The highest BCUT2D eigenvalue weighted by atomic mass is 35.5. The Morgan fingerprint density at radius 2 is 2.16 bits per heavy atom. The minimum atomic E-state index is 0.221. The van der Waals surface area contributed by atoms with Crippen molar-refractivity contribution in [2.75, 3.05) is 0 Å². The Kier molecular flexibility index (Phi) is 3.09. The van der Waals surface area contributed by atoms with Crippen LogP contribution in [0, 0.1) is 6.92 Å². The minimum Gasteiger partial charge on any atom is -0.482 e. The number of aryl methyl sites for hydroxylation is 1. The summed E-state index contributed by atoms with van der Waals surface area (Å²) in [6.45, 7) is 2.18. The molecule has 4 nitrogen and oxygen atoms in total. The molecule has 0 amide bonds. The van der Waals surface area contributed by atoms with Crippen molar-refractivity contribution >= 4 is 22.8 Å². The van der Waals surface area contributed by atoms with Gasteiger partial charge in [0.25, 0.3) is 0 Å². The van der Waals surface area contributed by atoms with E-state index in [9.17, 15) is 0 Å². The first-order chi connectivity index (χ1) is 9.22. The standard InChI is InChI=1S/C14H11ClN2O2/c1-9-6-11-14(16-7-9)19-13(17-11)8-18-12-5-3-2-4-10(12)15/h2-7H,8H2,1H3. The number of aromatic nitrogens is 2. The van der Waals surface area contributed by atoms with E-state index in [-0.39, 0.29) is 6.61 Å². The zero-order chi connectivity index (χ0) is 13.2. The molecular formula is C14H11ClN2O2. The molecule has 0 unspecified atom stereocenters. The van der Waals surface area contributed by atoms with E-state index < -0.39 is 0 Å². The van der Waals surface area contributed by atoms with Crippen LogP contribution in [-0.4, -0.2) is 9.97 Å². The Morgan fingerprint density at radius 3 is 3.00 bits per heavy atom. The molecule has 5 heteroatoms. The van der Waals surface area contributed by atoms with Crippen LogP contribution in [-0.2, 0) is 6.61 Å². The molecular weight excluding hydrogens is 264 g/mol. The smallest absolute Gasteiger partial charge is 0.247 e. The minimum absolute atomic E-state index is 0.221. The number of fused-ring (bicyclic) bond motifs is 1. The van der Waals surface area contributed by atoms with E-state index in [0.717, 1.165) is 11.1 Å². The lowest BCUT2D eigenvalue weighted by atomic mass is 10.3. The number of para-hydroxylation sites is 1. The predicted octanol–water partition coefficient (Wildman–Crippen LogP) is 3.76. The van der Waals surface area contributed by atoms with Crippen molar-refractivity contribution in [1.29, 1.82) is 0 Å². The molecule has 0 aliphatic rings. The third-order valence-corrected chi connectivity index (χ3v) is 2.93. The molecule has 2 aromatic heterocycles. The van der Waals surface area contributed by atoms with Crippen molar-refractivity contribution < 1.29 is 9.15 Å². The van der Waals surface area contributed by atoms with Crippen molar-refractivity contribution in [1.82, 2.24) is 9.97 Å². The monoisotopic (exact) mass is 274 g/mol. The maximum atomic E-state index is 6.00. The van der Waals surface area contributed by atoms with Gasteiger partial charge in [0, 0.05) is 6.20 Å². The Labute approximate surface area is 115 Å². The Balaban J connectivity index is 1.80. The van der Waals surface area contributed by atoms with E-state index in [1.807, 2.05) is 25.1 Å². The highest BCUT2D eigenvalue weighted by molar-refractivity contribution is 6.32. The Hall–Kier alpha value is -2.07. The van der Waals surface area contributed by atoms with E-state index in [2.05, 4.69) is 9.97 Å². The predicted molar refractivity (Wildman–Crippen MR) is 72.3 cm³/mol. The van der Waals surface area contributed by atoms with Gasteiger partial charge < -0.3 is 9.15 Å².